The maximum atomic E-state index is 11.7. The van der Waals surface area contributed by atoms with Gasteiger partial charge in [0.15, 0.2) is 0 Å². The second kappa shape index (κ2) is 5.52. The van der Waals surface area contributed by atoms with Crippen LogP contribution in [-0.2, 0) is 4.74 Å². The van der Waals surface area contributed by atoms with Crippen molar-refractivity contribution in [1.29, 1.82) is 0 Å². The van der Waals surface area contributed by atoms with Crippen molar-refractivity contribution in [3.05, 3.63) is 12.1 Å². The molecule has 0 aliphatic heterocycles. The second-order valence-electron chi connectivity index (χ2n) is 3.25. The van der Waals surface area contributed by atoms with E-state index in [1.54, 1.807) is 0 Å². The van der Waals surface area contributed by atoms with Crippen LogP contribution in [0.15, 0.2) is 12.1 Å². The number of hydrogen-bond donors (Lipinski definition) is 2. The van der Waals surface area contributed by atoms with E-state index in [4.69, 9.17) is 10.2 Å². The van der Waals surface area contributed by atoms with Crippen molar-refractivity contribution in [1.82, 2.24) is 4.73 Å². The number of alkyl halides is 3. The van der Waals surface area contributed by atoms with E-state index in [-0.39, 0.29) is 0 Å². The number of nitrogens with zero attached hydrogens (tertiary/aromatic N) is 1. The highest BCUT2D eigenvalue weighted by atomic mass is 19.4. The van der Waals surface area contributed by atoms with E-state index in [0.29, 0.717) is 4.73 Å². The lowest BCUT2D eigenvalue weighted by atomic mass is 10.3. The van der Waals surface area contributed by atoms with Crippen LogP contribution in [0.4, 0.5) is 18.0 Å². The summed E-state index contributed by atoms with van der Waals surface area (Å²) in [6, 6.07) is 2.10. The number of halogens is 3. The van der Waals surface area contributed by atoms with Gasteiger partial charge in [0, 0.05) is 18.6 Å². The van der Waals surface area contributed by atoms with Crippen LogP contribution in [-0.4, -0.2) is 33.9 Å². The summed E-state index contributed by atoms with van der Waals surface area (Å²) in [6.45, 7) is -0.485. The van der Waals surface area contributed by atoms with E-state index in [1.165, 1.54) is 0 Å². The van der Waals surface area contributed by atoms with Crippen LogP contribution in [0.25, 0.3) is 0 Å². The molecule has 1 heterocycles. The van der Waals surface area contributed by atoms with Crippen molar-refractivity contribution in [3.63, 3.8) is 0 Å². The minimum atomic E-state index is -4.32. The first kappa shape index (κ1) is 14.0. The third kappa shape index (κ3) is 4.44. The molecule has 0 atom stereocenters. The van der Waals surface area contributed by atoms with Crippen LogP contribution in [0.5, 0.6) is 11.8 Å². The Hall–Kier alpha value is -2.06. The molecule has 0 unspecified atom stereocenters. The number of rotatable bonds is 4. The summed E-state index contributed by atoms with van der Waals surface area (Å²) in [4.78, 5) is 15.3. The lowest BCUT2D eigenvalue weighted by molar-refractivity contribution is -0.137. The van der Waals surface area contributed by atoms with Crippen LogP contribution >= 0.6 is 0 Å². The molecule has 0 fully saturated rings. The van der Waals surface area contributed by atoms with Crippen LogP contribution in [0.3, 0.4) is 0 Å². The first-order chi connectivity index (χ1) is 8.29. The zero-order valence-corrected chi connectivity index (χ0v) is 8.98. The average Bonchev–Trinajstić information content (AvgIpc) is 2.55. The predicted molar refractivity (Wildman–Crippen MR) is 51.0 cm³/mol. The van der Waals surface area contributed by atoms with Crippen LogP contribution in [0, 0.1) is 0 Å². The molecular formula is C9H10F3NO5. The SMILES string of the molecule is O=C(OCCCC(F)(F)F)On1c(O)ccc1O. The van der Waals surface area contributed by atoms with Crippen molar-refractivity contribution >= 4 is 6.16 Å². The molecule has 0 aliphatic carbocycles. The Morgan fingerprint density at radius 2 is 1.83 bits per heavy atom. The molecule has 1 rings (SSSR count). The highest BCUT2D eigenvalue weighted by Gasteiger charge is 2.26. The number of hydrogen-bond acceptors (Lipinski definition) is 5. The van der Waals surface area contributed by atoms with Gasteiger partial charge in [-0.3, -0.25) is 4.84 Å². The highest BCUT2D eigenvalue weighted by molar-refractivity contribution is 5.60. The highest BCUT2D eigenvalue weighted by Crippen LogP contribution is 2.21. The first-order valence-corrected chi connectivity index (χ1v) is 4.81. The van der Waals surface area contributed by atoms with Crippen LogP contribution in [0.2, 0.25) is 0 Å². The van der Waals surface area contributed by atoms with Gasteiger partial charge < -0.3 is 14.9 Å². The molecule has 0 aromatic carbocycles. The molecule has 1 aromatic rings. The minimum Gasteiger partial charge on any atom is -0.492 e. The van der Waals surface area contributed by atoms with Gasteiger partial charge >= 0.3 is 12.3 Å². The van der Waals surface area contributed by atoms with Crippen LogP contribution < -0.4 is 4.84 Å². The maximum absolute atomic E-state index is 11.7. The first-order valence-electron chi connectivity index (χ1n) is 4.81. The van der Waals surface area contributed by atoms with Crippen molar-refractivity contribution < 1.29 is 37.8 Å². The van der Waals surface area contributed by atoms with Gasteiger partial charge in [-0.1, -0.05) is 0 Å². The van der Waals surface area contributed by atoms with Gasteiger partial charge in [-0.05, 0) is 6.42 Å². The van der Waals surface area contributed by atoms with E-state index < -0.39 is 43.5 Å². The summed E-state index contributed by atoms with van der Waals surface area (Å²) in [6.07, 6.45) is -7.13. The van der Waals surface area contributed by atoms with Crippen molar-refractivity contribution in [2.75, 3.05) is 6.61 Å². The number of carbonyl (C=O) groups excluding carboxylic acids is 1. The van der Waals surface area contributed by atoms with Gasteiger partial charge in [-0.25, -0.2) is 4.79 Å². The molecule has 0 spiro atoms. The smallest absolute Gasteiger partial charge is 0.492 e. The molecule has 6 nitrogen and oxygen atoms in total. The van der Waals surface area contributed by atoms with Crippen molar-refractivity contribution in [3.8, 4) is 11.8 Å². The summed E-state index contributed by atoms with van der Waals surface area (Å²) in [5, 5.41) is 18.2. The standard InChI is InChI=1S/C9H10F3NO5/c10-9(11,12)4-1-5-17-8(16)18-13-6(14)2-3-7(13)15/h2-3,14-15H,1,4-5H2. The van der Waals surface area contributed by atoms with Gasteiger partial charge in [-0.15, -0.1) is 4.73 Å². The fraction of sp³-hybridized carbons (Fsp3) is 0.444. The molecule has 0 saturated carbocycles. The summed E-state index contributed by atoms with van der Waals surface area (Å²) < 4.78 is 39.9. The molecule has 0 amide bonds. The van der Waals surface area contributed by atoms with Gasteiger partial charge in [0.1, 0.15) is 0 Å². The zero-order chi connectivity index (χ0) is 13.8. The molecule has 0 bridgehead atoms. The topological polar surface area (TPSA) is 80.9 Å². The second-order valence-corrected chi connectivity index (χ2v) is 3.25. The Labute approximate surface area is 99.1 Å². The molecule has 2 N–H and O–H groups in total. The van der Waals surface area contributed by atoms with E-state index in [9.17, 15) is 18.0 Å². The lowest BCUT2D eigenvalue weighted by Gasteiger charge is -2.08. The van der Waals surface area contributed by atoms with Gasteiger partial charge in [0.2, 0.25) is 11.8 Å². The third-order valence-electron chi connectivity index (χ3n) is 1.79. The molecule has 0 aliphatic rings. The monoisotopic (exact) mass is 269 g/mol. The Morgan fingerprint density at radius 1 is 1.28 bits per heavy atom. The molecule has 0 radical (unpaired) electrons. The zero-order valence-electron chi connectivity index (χ0n) is 8.98. The average molecular weight is 269 g/mol. The largest absolute Gasteiger partial charge is 0.533 e. The summed E-state index contributed by atoms with van der Waals surface area (Å²) in [5.41, 5.74) is 0. The Kier molecular flexibility index (Phi) is 4.29. The Balaban J connectivity index is 2.31. The fourth-order valence-corrected chi connectivity index (χ4v) is 1.02. The van der Waals surface area contributed by atoms with Gasteiger partial charge in [0.05, 0.1) is 6.61 Å². The third-order valence-corrected chi connectivity index (χ3v) is 1.79. The molecule has 102 valence electrons. The quantitative estimate of drug-likeness (QED) is 0.643. The molecule has 0 saturated heterocycles. The minimum absolute atomic E-state index is 0.367. The fourth-order valence-electron chi connectivity index (χ4n) is 1.02. The normalized spacial score (nSPS) is 11.3. The molecule has 18 heavy (non-hydrogen) atoms. The number of carbonyl (C=O) groups is 1. The summed E-state index contributed by atoms with van der Waals surface area (Å²) in [7, 11) is 0. The Bertz CT molecular complexity index is 395. The van der Waals surface area contributed by atoms with Crippen molar-refractivity contribution in [2.45, 2.75) is 19.0 Å². The molecule has 1 aromatic heterocycles. The molecule has 9 heteroatoms. The Morgan fingerprint density at radius 3 is 2.33 bits per heavy atom. The van der Waals surface area contributed by atoms with Gasteiger partial charge in [-0.2, -0.15) is 13.2 Å². The van der Waals surface area contributed by atoms with E-state index >= 15 is 0 Å². The van der Waals surface area contributed by atoms with E-state index in [1.807, 2.05) is 0 Å². The maximum Gasteiger partial charge on any atom is 0.533 e. The van der Waals surface area contributed by atoms with E-state index in [0.717, 1.165) is 12.1 Å². The summed E-state index contributed by atoms with van der Waals surface area (Å²) in [5.74, 6) is -1.11. The van der Waals surface area contributed by atoms with Crippen LogP contribution in [0.1, 0.15) is 12.8 Å². The predicted octanol–water partition coefficient (Wildman–Crippen LogP) is 1.81. The number of ether oxygens (including phenoxy) is 1. The lowest BCUT2D eigenvalue weighted by Crippen LogP contribution is -2.21. The van der Waals surface area contributed by atoms with Gasteiger partial charge in [0.25, 0.3) is 0 Å². The van der Waals surface area contributed by atoms with Crippen molar-refractivity contribution in [2.24, 2.45) is 0 Å². The molecular weight excluding hydrogens is 259 g/mol. The number of aromatic hydroxyl groups is 2. The van der Waals surface area contributed by atoms with E-state index in [2.05, 4.69) is 9.57 Å². The summed E-state index contributed by atoms with van der Waals surface area (Å²) >= 11 is 0. The number of aromatic nitrogens is 1.